The summed E-state index contributed by atoms with van der Waals surface area (Å²) in [6.07, 6.45) is 7.87. The van der Waals surface area contributed by atoms with Gasteiger partial charge in [0.2, 0.25) is 0 Å². The third-order valence-electron chi connectivity index (χ3n) is 4.36. The first-order valence-corrected chi connectivity index (χ1v) is 8.29. The fourth-order valence-electron chi connectivity index (χ4n) is 3.22. The van der Waals surface area contributed by atoms with Crippen LogP contribution in [0.3, 0.4) is 0 Å². The van der Waals surface area contributed by atoms with Gasteiger partial charge in [0.05, 0.1) is 0 Å². The van der Waals surface area contributed by atoms with E-state index in [1.165, 1.54) is 57.2 Å². The molecule has 112 valence electrons. The van der Waals surface area contributed by atoms with Crippen molar-refractivity contribution in [2.75, 3.05) is 20.1 Å². The zero-order chi connectivity index (χ0) is 14.2. The van der Waals surface area contributed by atoms with Crippen molar-refractivity contribution >= 4 is 0 Å². The maximum Gasteiger partial charge on any atom is 0.0323 e. The van der Waals surface area contributed by atoms with Crippen molar-refractivity contribution in [2.24, 2.45) is 0 Å². The predicted octanol–water partition coefficient (Wildman–Crippen LogP) is 3.99. The minimum atomic E-state index is 0.527. The van der Waals surface area contributed by atoms with Crippen molar-refractivity contribution < 1.29 is 0 Å². The molecule has 1 N–H and O–H groups in total. The first kappa shape index (κ1) is 15.5. The molecule has 1 aromatic carbocycles. The molecule has 0 radical (unpaired) electrons. The highest BCUT2D eigenvalue weighted by molar-refractivity contribution is 5.19. The molecule has 20 heavy (non-hydrogen) atoms. The Hall–Kier alpha value is -0.860. The molecule has 1 aromatic rings. The third kappa shape index (κ3) is 4.92. The lowest BCUT2D eigenvalue weighted by Gasteiger charge is -2.33. The maximum absolute atomic E-state index is 3.92. The second-order valence-corrected chi connectivity index (χ2v) is 6.23. The highest BCUT2D eigenvalue weighted by Gasteiger charge is 2.21. The average molecular weight is 274 g/mol. The Morgan fingerprint density at radius 2 is 2.05 bits per heavy atom. The van der Waals surface area contributed by atoms with Crippen LogP contribution in [0, 0.1) is 0 Å². The fourth-order valence-corrected chi connectivity index (χ4v) is 3.22. The average Bonchev–Trinajstić information content (AvgIpc) is 2.47. The van der Waals surface area contributed by atoms with Crippen LogP contribution in [0.2, 0.25) is 0 Å². The second-order valence-electron chi connectivity index (χ2n) is 6.23. The van der Waals surface area contributed by atoms with Gasteiger partial charge < -0.3 is 10.2 Å². The van der Waals surface area contributed by atoms with Gasteiger partial charge in [-0.3, -0.25) is 0 Å². The Morgan fingerprint density at radius 3 is 2.75 bits per heavy atom. The summed E-state index contributed by atoms with van der Waals surface area (Å²) in [4.78, 5) is 2.45. The molecule has 2 heteroatoms. The van der Waals surface area contributed by atoms with Crippen LogP contribution in [0.25, 0.3) is 0 Å². The summed E-state index contributed by atoms with van der Waals surface area (Å²) in [5.74, 6) is 0. The SMILES string of the molecule is CCCCCC(NC1CCCN(C)C1)c1ccccc1. The topological polar surface area (TPSA) is 15.3 Å². The van der Waals surface area contributed by atoms with E-state index in [0.29, 0.717) is 12.1 Å². The minimum absolute atomic E-state index is 0.527. The van der Waals surface area contributed by atoms with Crippen molar-refractivity contribution in [3.8, 4) is 0 Å². The number of likely N-dealkylation sites (tertiary alicyclic amines) is 1. The smallest absolute Gasteiger partial charge is 0.0323 e. The molecule has 0 spiro atoms. The lowest BCUT2D eigenvalue weighted by atomic mass is 9.97. The van der Waals surface area contributed by atoms with Gasteiger partial charge in [0.25, 0.3) is 0 Å². The largest absolute Gasteiger partial charge is 0.306 e. The minimum Gasteiger partial charge on any atom is -0.306 e. The lowest BCUT2D eigenvalue weighted by Crippen LogP contribution is -2.45. The molecule has 1 fully saturated rings. The van der Waals surface area contributed by atoms with Gasteiger partial charge in [0.15, 0.2) is 0 Å². The molecule has 0 bridgehead atoms. The monoisotopic (exact) mass is 274 g/mol. The number of rotatable bonds is 7. The number of likely N-dealkylation sites (N-methyl/N-ethyl adjacent to an activating group) is 1. The molecule has 2 unspecified atom stereocenters. The van der Waals surface area contributed by atoms with E-state index in [2.05, 4.69) is 54.5 Å². The highest BCUT2D eigenvalue weighted by Crippen LogP contribution is 2.22. The van der Waals surface area contributed by atoms with E-state index < -0.39 is 0 Å². The van der Waals surface area contributed by atoms with Gasteiger partial charge in [0.1, 0.15) is 0 Å². The molecule has 1 aliphatic rings. The summed E-state index contributed by atoms with van der Waals surface area (Å²) >= 11 is 0. The molecular formula is C18H30N2. The molecule has 1 heterocycles. The predicted molar refractivity (Wildman–Crippen MR) is 87.0 cm³/mol. The van der Waals surface area contributed by atoms with Gasteiger partial charge in [-0.15, -0.1) is 0 Å². The van der Waals surface area contributed by atoms with Gasteiger partial charge in [0, 0.05) is 18.6 Å². The summed E-state index contributed by atoms with van der Waals surface area (Å²) in [6, 6.07) is 12.2. The third-order valence-corrected chi connectivity index (χ3v) is 4.36. The molecule has 2 nitrogen and oxygen atoms in total. The summed E-state index contributed by atoms with van der Waals surface area (Å²) in [6.45, 7) is 4.72. The zero-order valence-electron chi connectivity index (χ0n) is 13.1. The van der Waals surface area contributed by atoms with Crippen molar-refractivity contribution in [1.29, 1.82) is 0 Å². The number of hydrogen-bond donors (Lipinski definition) is 1. The summed E-state index contributed by atoms with van der Waals surface area (Å²) < 4.78 is 0. The fraction of sp³-hybridized carbons (Fsp3) is 0.667. The van der Waals surface area contributed by atoms with Crippen LogP contribution in [-0.2, 0) is 0 Å². The van der Waals surface area contributed by atoms with E-state index in [1.54, 1.807) is 0 Å². The summed E-state index contributed by atoms with van der Waals surface area (Å²) in [7, 11) is 2.24. The molecule has 0 aromatic heterocycles. The first-order chi connectivity index (χ1) is 9.79. The van der Waals surface area contributed by atoms with E-state index in [9.17, 15) is 0 Å². The second kappa shape index (κ2) is 8.43. The molecule has 1 aliphatic heterocycles. The maximum atomic E-state index is 3.92. The Balaban J connectivity index is 1.95. The molecule has 2 rings (SSSR count). The molecule has 2 atom stereocenters. The van der Waals surface area contributed by atoms with Crippen LogP contribution in [0.1, 0.15) is 57.1 Å². The van der Waals surface area contributed by atoms with E-state index in [1.807, 2.05) is 0 Å². The van der Waals surface area contributed by atoms with Crippen molar-refractivity contribution in [3.05, 3.63) is 35.9 Å². The molecule has 0 amide bonds. The Morgan fingerprint density at radius 1 is 1.25 bits per heavy atom. The van der Waals surface area contributed by atoms with Crippen molar-refractivity contribution in [2.45, 2.75) is 57.5 Å². The summed E-state index contributed by atoms with van der Waals surface area (Å²) in [5, 5.41) is 3.92. The van der Waals surface area contributed by atoms with E-state index in [4.69, 9.17) is 0 Å². The van der Waals surface area contributed by atoms with Gasteiger partial charge in [-0.25, -0.2) is 0 Å². The molecule has 0 saturated carbocycles. The van der Waals surface area contributed by atoms with Crippen molar-refractivity contribution in [3.63, 3.8) is 0 Å². The molecule has 1 saturated heterocycles. The van der Waals surface area contributed by atoms with Gasteiger partial charge in [-0.05, 0) is 38.4 Å². The van der Waals surface area contributed by atoms with Crippen LogP contribution in [0.5, 0.6) is 0 Å². The number of nitrogens with one attached hydrogen (secondary N) is 1. The Labute approximate surface area is 124 Å². The Kier molecular flexibility index (Phi) is 6.55. The molecular weight excluding hydrogens is 244 g/mol. The Bertz CT molecular complexity index is 363. The van der Waals surface area contributed by atoms with Crippen molar-refractivity contribution in [1.82, 2.24) is 10.2 Å². The highest BCUT2D eigenvalue weighted by atomic mass is 15.1. The van der Waals surface area contributed by atoms with Gasteiger partial charge >= 0.3 is 0 Å². The van der Waals surface area contributed by atoms with Crippen LogP contribution < -0.4 is 5.32 Å². The molecule has 0 aliphatic carbocycles. The standard InChI is InChI=1S/C18H30N2/c1-3-4-6-13-18(16-10-7-5-8-11-16)19-17-12-9-14-20(2)15-17/h5,7-8,10-11,17-19H,3-4,6,9,12-15H2,1-2H3. The number of hydrogen-bond acceptors (Lipinski definition) is 2. The normalized spacial score (nSPS) is 21.8. The number of piperidine rings is 1. The number of nitrogens with zero attached hydrogens (tertiary/aromatic N) is 1. The summed E-state index contributed by atoms with van der Waals surface area (Å²) in [5.41, 5.74) is 1.46. The van der Waals surface area contributed by atoms with E-state index >= 15 is 0 Å². The number of benzene rings is 1. The van der Waals surface area contributed by atoms with Crippen LogP contribution >= 0.6 is 0 Å². The lowest BCUT2D eigenvalue weighted by molar-refractivity contribution is 0.213. The van der Waals surface area contributed by atoms with E-state index in [-0.39, 0.29) is 0 Å². The van der Waals surface area contributed by atoms with Crippen LogP contribution in [0.15, 0.2) is 30.3 Å². The first-order valence-electron chi connectivity index (χ1n) is 8.29. The zero-order valence-corrected chi connectivity index (χ0v) is 13.1. The van der Waals surface area contributed by atoms with Crippen LogP contribution in [-0.4, -0.2) is 31.1 Å². The van der Waals surface area contributed by atoms with Gasteiger partial charge in [-0.1, -0.05) is 56.5 Å². The van der Waals surface area contributed by atoms with E-state index in [0.717, 1.165) is 0 Å². The number of unbranched alkanes of at least 4 members (excludes halogenated alkanes) is 2. The van der Waals surface area contributed by atoms with Gasteiger partial charge in [-0.2, -0.15) is 0 Å². The quantitative estimate of drug-likeness (QED) is 0.756. The van der Waals surface area contributed by atoms with Crippen LogP contribution in [0.4, 0.5) is 0 Å².